The van der Waals surface area contributed by atoms with Gasteiger partial charge in [-0.05, 0) is 36.8 Å². The first-order chi connectivity index (χ1) is 12.6. The first-order valence-electron chi connectivity index (χ1n) is 9.19. The molecule has 7 heteroatoms. The number of fused-ring (bicyclic) bond motifs is 1. The number of carbonyl (C=O) groups is 2. The molecule has 1 N–H and O–H groups in total. The Balaban J connectivity index is 2.21. The van der Waals surface area contributed by atoms with Crippen LogP contribution in [-0.2, 0) is 9.53 Å². The molecule has 0 radical (unpaired) electrons. The third-order valence-electron chi connectivity index (χ3n) is 5.45. The largest absolute Gasteiger partial charge is 0.467 e. The highest BCUT2D eigenvalue weighted by molar-refractivity contribution is 5.93. The number of carbonyl (C=O) groups excluding carboxylic acids is 2. The zero-order chi connectivity index (χ0) is 19.9. The van der Waals surface area contributed by atoms with Crippen LogP contribution in [0.15, 0.2) is 12.3 Å². The lowest BCUT2D eigenvalue weighted by atomic mass is 9.82. The molecule has 1 aliphatic rings. The fourth-order valence-corrected chi connectivity index (χ4v) is 3.63. The Morgan fingerprint density at radius 1 is 1.30 bits per heavy atom. The highest BCUT2D eigenvalue weighted by Crippen LogP contribution is 2.37. The molecule has 2 aromatic heterocycles. The van der Waals surface area contributed by atoms with Crippen LogP contribution in [0.3, 0.4) is 0 Å². The van der Waals surface area contributed by atoms with Gasteiger partial charge in [0.15, 0.2) is 11.9 Å². The van der Waals surface area contributed by atoms with E-state index in [9.17, 15) is 14.7 Å². The minimum Gasteiger partial charge on any atom is -0.467 e. The predicted octanol–water partition coefficient (Wildman–Crippen LogP) is 2.68. The van der Waals surface area contributed by atoms with E-state index in [1.54, 1.807) is 12.3 Å². The van der Waals surface area contributed by atoms with Crippen molar-refractivity contribution in [1.29, 1.82) is 0 Å². The van der Waals surface area contributed by atoms with Crippen LogP contribution in [0, 0.1) is 12.3 Å². The molecule has 1 atom stereocenters. The Labute approximate surface area is 158 Å². The molecule has 0 amide bonds. The van der Waals surface area contributed by atoms with Crippen LogP contribution >= 0.6 is 0 Å². The first kappa shape index (κ1) is 19.4. The quantitative estimate of drug-likeness (QED) is 0.655. The monoisotopic (exact) mass is 373 g/mol. The summed E-state index contributed by atoms with van der Waals surface area (Å²) in [4.78, 5) is 30.5. The summed E-state index contributed by atoms with van der Waals surface area (Å²) >= 11 is 0. The second kappa shape index (κ2) is 6.96. The van der Waals surface area contributed by atoms with Crippen molar-refractivity contribution in [1.82, 2.24) is 9.38 Å². The van der Waals surface area contributed by atoms with E-state index in [4.69, 9.17) is 4.74 Å². The van der Waals surface area contributed by atoms with Crippen LogP contribution in [0.5, 0.6) is 0 Å². The summed E-state index contributed by atoms with van der Waals surface area (Å²) in [7, 11) is 1.26. The van der Waals surface area contributed by atoms with Crippen LogP contribution in [0.25, 0.3) is 5.65 Å². The highest BCUT2D eigenvalue weighted by atomic mass is 16.5. The maximum Gasteiger partial charge on any atom is 0.339 e. The second-order valence-electron chi connectivity index (χ2n) is 8.05. The molecule has 27 heavy (non-hydrogen) atoms. The van der Waals surface area contributed by atoms with Crippen molar-refractivity contribution in [2.45, 2.75) is 46.6 Å². The molecule has 0 saturated carbocycles. The molecule has 146 valence electrons. The first-order valence-corrected chi connectivity index (χ1v) is 9.19. The Bertz CT molecular complexity index is 890. The average molecular weight is 373 g/mol. The Hall–Kier alpha value is -2.41. The van der Waals surface area contributed by atoms with Gasteiger partial charge in [0.05, 0.1) is 7.11 Å². The number of nitrogens with zero attached hydrogens (tertiary/aromatic N) is 3. The second-order valence-corrected chi connectivity index (χ2v) is 8.05. The minimum absolute atomic E-state index is 0.128. The predicted molar refractivity (Wildman–Crippen MR) is 102 cm³/mol. The van der Waals surface area contributed by atoms with Crippen molar-refractivity contribution in [2.24, 2.45) is 5.41 Å². The summed E-state index contributed by atoms with van der Waals surface area (Å²) in [5, 5.41) is 10.7. The number of anilines is 1. The molecule has 0 unspecified atom stereocenters. The van der Waals surface area contributed by atoms with Gasteiger partial charge in [0.1, 0.15) is 17.2 Å². The fraction of sp³-hybridized carbons (Fsp3) is 0.550. The van der Waals surface area contributed by atoms with E-state index in [-0.39, 0.29) is 11.2 Å². The van der Waals surface area contributed by atoms with Crippen LogP contribution in [0.1, 0.15) is 61.3 Å². The van der Waals surface area contributed by atoms with Crippen molar-refractivity contribution >= 4 is 23.2 Å². The van der Waals surface area contributed by atoms with Crippen LogP contribution in [0.2, 0.25) is 0 Å². The van der Waals surface area contributed by atoms with Crippen molar-refractivity contribution in [3.8, 4) is 0 Å². The summed E-state index contributed by atoms with van der Waals surface area (Å²) in [6.07, 6.45) is 2.27. The average Bonchev–Trinajstić information content (AvgIpc) is 3.03. The van der Waals surface area contributed by atoms with E-state index >= 15 is 0 Å². The zero-order valence-corrected chi connectivity index (χ0v) is 16.6. The number of aliphatic hydroxyl groups excluding tert-OH is 1. The number of hydrogen-bond donors (Lipinski definition) is 1. The van der Waals surface area contributed by atoms with Gasteiger partial charge < -0.3 is 14.7 Å². The van der Waals surface area contributed by atoms with Crippen molar-refractivity contribution in [2.75, 3.05) is 25.1 Å². The normalized spacial score (nSPS) is 17.8. The van der Waals surface area contributed by atoms with E-state index in [0.717, 1.165) is 31.5 Å². The van der Waals surface area contributed by atoms with E-state index in [1.807, 2.05) is 11.3 Å². The number of ether oxygens (including phenoxy) is 1. The summed E-state index contributed by atoms with van der Waals surface area (Å²) < 4.78 is 6.57. The van der Waals surface area contributed by atoms with E-state index in [0.29, 0.717) is 22.7 Å². The van der Waals surface area contributed by atoms with Crippen molar-refractivity contribution in [3.63, 3.8) is 0 Å². The number of imidazole rings is 1. The number of aliphatic hydroxyl groups is 1. The number of esters is 1. The Kier molecular flexibility index (Phi) is 4.99. The number of Topliss-reactive ketones (excluding diaryl/α,β-unsaturated/α-hetero) is 1. The molecule has 3 heterocycles. The maximum absolute atomic E-state index is 12.1. The lowest BCUT2D eigenvalue weighted by molar-refractivity contribution is -0.150. The molecule has 1 fully saturated rings. The number of rotatable bonds is 4. The van der Waals surface area contributed by atoms with Gasteiger partial charge in [-0.15, -0.1) is 0 Å². The standard InChI is InChI=1S/C20H27N3O4/c1-12-10-15-21-14(13(2)24)11-23(15)18(16(12)17(25)19(26)27-5)22-8-6-20(3,4)7-9-22/h10-11,17,25H,6-9H2,1-5H3/t17-/m0/s1. The van der Waals surface area contributed by atoms with Gasteiger partial charge in [-0.2, -0.15) is 0 Å². The third kappa shape index (κ3) is 3.56. The van der Waals surface area contributed by atoms with Crippen LogP contribution in [0.4, 0.5) is 5.82 Å². The fourth-order valence-electron chi connectivity index (χ4n) is 3.63. The SMILES string of the molecule is COC(=O)[C@@H](O)c1c(C)cc2nc(C(C)=O)cn2c1N1CCC(C)(C)CC1. The smallest absolute Gasteiger partial charge is 0.339 e. The summed E-state index contributed by atoms with van der Waals surface area (Å²) in [5.74, 6) is -0.126. The van der Waals surface area contributed by atoms with Gasteiger partial charge in [0, 0.05) is 31.8 Å². The van der Waals surface area contributed by atoms with Gasteiger partial charge in [-0.25, -0.2) is 9.78 Å². The maximum atomic E-state index is 12.1. The molecule has 7 nitrogen and oxygen atoms in total. The molecule has 0 spiro atoms. The molecule has 1 aliphatic heterocycles. The lowest BCUT2D eigenvalue weighted by Gasteiger charge is -2.39. The topological polar surface area (TPSA) is 84.1 Å². The van der Waals surface area contributed by atoms with Gasteiger partial charge >= 0.3 is 5.97 Å². The van der Waals surface area contributed by atoms with Gasteiger partial charge in [0.25, 0.3) is 0 Å². The van der Waals surface area contributed by atoms with Crippen molar-refractivity contribution < 1.29 is 19.4 Å². The minimum atomic E-state index is -1.40. The molecule has 1 saturated heterocycles. The number of ketones is 1. The Morgan fingerprint density at radius 3 is 2.48 bits per heavy atom. The molecule has 3 rings (SSSR count). The zero-order valence-electron chi connectivity index (χ0n) is 16.6. The molecule has 0 aliphatic carbocycles. The number of piperidine rings is 1. The van der Waals surface area contributed by atoms with Crippen LogP contribution < -0.4 is 4.90 Å². The van der Waals surface area contributed by atoms with E-state index < -0.39 is 12.1 Å². The van der Waals surface area contributed by atoms with Gasteiger partial charge in [-0.3, -0.25) is 9.20 Å². The van der Waals surface area contributed by atoms with Gasteiger partial charge in [-0.1, -0.05) is 13.8 Å². The molecular weight excluding hydrogens is 346 g/mol. The third-order valence-corrected chi connectivity index (χ3v) is 5.45. The van der Waals surface area contributed by atoms with E-state index in [2.05, 4.69) is 23.7 Å². The number of aryl methyl sites for hydroxylation is 1. The molecule has 0 bridgehead atoms. The lowest BCUT2D eigenvalue weighted by Crippen LogP contribution is -2.39. The number of hydrogen-bond acceptors (Lipinski definition) is 6. The molecule has 0 aromatic carbocycles. The molecular formula is C20H27N3O4. The highest BCUT2D eigenvalue weighted by Gasteiger charge is 2.32. The Morgan fingerprint density at radius 2 is 1.93 bits per heavy atom. The summed E-state index contributed by atoms with van der Waals surface area (Å²) in [6.45, 7) is 9.37. The number of methoxy groups -OCH3 is 1. The number of aromatic nitrogens is 2. The van der Waals surface area contributed by atoms with Gasteiger partial charge in [0.2, 0.25) is 0 Å². The summed E-state index contributed by atoms with van der Waals surface area (Å²) in [5.41, 5.74) is 2.47. The number of pyridine rings is 1. The van der Waals surface area contributed by atoms with Crippen LogP contribution in [-0.4, -0.2) is 46.4 Å². The summed E-state index contributed by atoms with van der Waals surface area (Å²) in [6, 6.07) is 1.78. The van der Waals surface area contributed by atoms with E-state index in [1.165, 1.54) is 14.0 Å². The molecule has 2 aromatic rings. The van der Waals surface area contributed by atoms with Crippen molar-refractivity contribution in [3.05, 3.63) is 29.1 Å².